The molecule has 1 aromatic carbocycles. The number of hydrogen-bond donors (Lipinski definition) is 2. The van der Waals surface area contributed by atoms with Crippen LogP contribution in [0.4, 0.5) is 4.79 Å². The number of thioether (sulfide) groups is 1. The van der Waals surface area contributed by atoms with Gasteiger partial charge in [-0.05, 0) is 58.1 Å². The van der Waals surface area contributed by atoms with E-state index in [0.29, 0.717) is 20.9 Å². The maximum absolute atomic E-state index is 12.2. The van der Waals surface area contributed by atoms with Gasteiger partial charge in [-0.1, -0.05) is 0 Å². The summed E-state index contributed by atoms with van der Waals surface area (Å²) >= 11 is 2.64. The third-order valence-electron chi connectivity index (χ3n) is 3.08. The molecular formula is C15H13IN2O7S. The summed E-state index contributed by atoms with van der Waals surface area (Å²) in [6, 6.07) is 3.18. The van der Waals surface area contributed by atoms with Gasteiger partial charge in [-0.15, -0.1) is 0 Å². The van der Waals surface area contributed by atoms with Crippen LogP contribution in [0, 0.1) is 3.57 Å². The molecule has 11 heteroatoms. The van der Waals surface area contributed by atoms with Gasteiger partial charge in [0.25, 0.3) is 11.1 Å². The lowest BCUT2D eigenvalue weighted by Gasteiger charge is -2.12. The minimum Gasteiger partial charge on any atom is -0.493 e. The van der Waals surface area contributed by atoms with E-state index < -0.39 is 36.2 Å². The maximum Gasteiger partial charge on any atom is 0.341 e. The number of carbonyl (C=O) groups is 4. The average Bonchev–Trinajstić information content (AvgIpc) is 2.80. The smallest absolute Gasteiger partial charge is 0.341 e. The lowest BCUT2D eigenvalue weighted by Crippen LogP contribution is -2.36. The van der Waals surface area contributed by atoms with Crippen LogP contribution in [0.1, 0.15) is 5.56 Å². The number of ether oxygens (including phenoxy) is 2. The van der Waals surface area contributed by atoms with Crippen LogP contribution >= 0.6 is 34.4 Å². The molecule has 0 bridgehead atoms. The Morgan fingerprint density at radius 3 is 2.65 bits per heavy atom. The Balaban J connectivity index is 2.32. The predicted molar refractivity (Wildman–Crippen MR) is 101 cm³/mol. The largest absolute Gasteiger partial charge is 0.493 e. The molecular weight excluding hydrogens is 479 g/mol. The van der Waals surface area contributed by atoms with Crippen LogP contribution in [0.2, 0.25) is 0 Å². The molecule has 0 unspecified atom stereocenters. The predicted octanol–water partition coefficient (Wildman–Crippen LogP) is 1.28. The van der Waals surface area contributed by atoms with Gasteiger partial charge in [-0.3, -0.25) is 19.3 Å². The summed E-state index contributed by atoms with van der Waals surface area (Å²) in [5, 5.41) is 8.15. The minimum atomic E-state index is -1.13. The summed E-state index contributed by atoms with van der Waals surface area (Å²) in [5.41, 5.74) is 5.57. The highest BCUT2D eigenvalue weighted by molar-refractivity contribution is 14.1. The molecule has 0 atom stereocenters. The third kappa shape index (κ3) is 4.66. The molecule has 1 fully saturated rings. The number of nitrogens with zero attached hydrogens (tertiary/aromatic N) is 1. The summed E-state index contributed by atoms with van der Waals surface area (Å²) in [6.45, 7) is -1.01. The van der Waals surface area contributed by atoms with Crippen molar-refractivity contribution in [1.82, 2.24) is 4.90 Å². The highest BCUT2D eigenvalue weighted by Gasteiger charge is 2.35. The van der Waals surface area contributed by atoms with E-state index in [2.05, 4.69) is 0 Å². The van der Waals surface area contributed by atoms with Crippen molar-refractivity contribution in [1.29, 1.82) is 0 Å². The van der Waals surface area contributed by atoms with Crippen LogP contribution in [-0.2, 0) is 14.4 Å². The molecule has 9 nitrogen and oxygen atoms in total. The van der Waals surface area contributed by atoms with Crippen molar-refractivity contribution < 1.29 is 33.8 Å². The van der Waals surface area contributed by atoms with E-state index in [1.807, 2.05) is 22.6 Å². The van der Waals surface area contributed by atoms with Crippen molar-refractivity contribution in [3.63, 3.8) is 0 Å². The van der Waals surface area contributed by atoms with E-state index in [4.69, 9.17) is 20.3 Å². The molecule has 1 aromatic rings. The number of amides is 3. The van der Waals surface area contributed by atoms with Gasteiger partial charge in [0, 0.05) is 0 Å². The molecule has 0 saturated carbocycles. The number of rotatable bonds is 7. The minimum absolute atomic E-state index is 0.133. The number of carboxylic acids is 1. The zero-order valence-electron chi connectivity index (χ0n) is 13.4. The van der Waals surface area contributed by atoms with Gasteiger partial charge in [0.2, 0.25) is 5.91 Å². The van der Waals surface area contributed by atoms with Crippen molar-refractivity contribution in [2.75, 3.05) is 20.3 Å². The number of carbonyl (C=O) groups excluding carboxylic acids is 3. The van der Waals surface area contributed by atoms with Crippen LogP contribution in [0.25, 0.3) is 6.08 Å². The topological polar surface area (TPSA) is 136 Å². The fourth-order valence-electron chi connectivity index (χ4n) is 2.04. The third-order valence-corrected chi connectivity index (χ3v) is 4.79. The summed E-state index contributed by atoms with van der Waals surface area (Å²) < 4.78 is 11.0. The van der Waals surface area contributed by atoms with E-state index in [9.17, 15) is 19.2 Å². The number of nitrogens with two attached hydrogens (primary N) is 1. The van der Waals surface area contributed by atoms with Crippen LogP contribution in [0.3, 0.4) is 0 Å². The molecule has 138 valence electrons. The lowest BCUT2D eigenvalue weighted by atomic mass is 10.2. The van der Waals surface area contributed by atoms with Gasteiger partial charge < -0.3 is 20.3 Å². The van der Waals surface area contributed by atoms with Gasteiger partial charge >= 0.3 is 5.97 Å². The molecule has 0 aliphatic carbocycles. The Labute approximate surface area is 165 Å². The molecule has 2 rings (SSSR count). The van der Waals surface area contributed by atoms with E-state index >= 15 is 0 Å². The Morgan fingerprint density at radius 1 is 1.38 bits per heavy atom. The van der Waals surface area contributed by atoms with E-state index in [0.717, 1.165) is 4.90 Å². The molecule has 0 spiro atoms. The average molecular weight is 492 g/mol. The summed E-state index contributed by atoms with van der Waals surface area (Å²) in [5.74, 6) is -1.99. The van der Waals surface area contributed by atoms with Gasteiger partial charge in [0.15, 0.2) is 18.1 Å². The van der Waals surface area contributed by atoms with Gasteiger partial charge in [0.1, 0.15) is 6.54 Å². The molecule has 1 heterocycles. The quantitative estimate of drug-likeness (QED) is 0.429. The Hall–Kier alpha value is -2.28. The van der Waals surface area contributed by atoms with Crippen LogP contribution < -0.4 is 15.2 Å². The van der Waals surface area contributed by atoms with Gasteiger partial charge in [-0.25, -0.2) is 4.79 Å². The zero-order valence-corrected chi connectivity index (χ0v) is 16.3. The second-order valence-corrected chi connectivity index (χ2v) is 7.11. The Kier molecular flexibility index (Phi) is 6.47. The van der Waals surface area contributed by atoms with Gasteiger partial charge in [-0.2, -0.15) is 0 Å². The number of primary amides is 1. The van der Waals surface area contributed by atoms with E-state index in [-0.39, 0.29) is 16.4 Å². The molecule has 0 aromatic heterocycles. The monoisotopic (exact) mass is 492 g/mol. The number of carboxylic acid groups (broad SMARTS) is 1. The molecule has 1 aliphatic heterocycles. The summed E-state index contributed by atoms with van der Waals surface area (Å²) in [4.78, 5) is 46.6. The summed E-state index contributed by atoms with van der Waals surface area (Å²) in [7, 11) is 1.39. The Morgan fingerprint density at radius 2 is 2.08 bits per heavy atom. The first kappa shape index (κ1) is 20.0. The number of aliphatic carboxylic acids is 1. The van der Waals surface area contributed by atoms with Crippen LogP contribution in [0.5, 0.6) is 11.5 Å². The number of halogens is 1. The molecule has 1 aliphatic rings. The number of benzene rings is 1. The van der Waals surface area contributed by atoms with E-state index in [1.54, 1.807) is 12.1 Å². The molecule has 1 saturated heterocycles. The fraction of sp³-hybridized carbons (Fsp3) is 0.200. The fourth-order valence-corrected chi connectivity index (χ4v) is 3.66. The first-order valence-electron chi connectivity index (χ1n) is 6.98. The number of methoxy groups -OCH3 is 1. The first-order chi connectivity index (χ1) is 12.2. The SMILES string of the molecule is COc1cc(/C=C2\SC(=O)N(CC(N)=O)C2=O)cc(I)c1OCC(=O)O. The van der Waals surface area contributed by atoms with Crippen LogP contribution in [0.15, 0.2) is 17.0 Å². The highest BCUT2D eigenvalue weighted by Crippen LogP contribution is 2.37. The summed E-state index contributed by atoms with van der Waals surface area (Å²) in [6.07, 6.45) is 1.47. The van der Waals surface area contributed by atoms with Crippen molar-refractivity contribution in [2.45, 2.75) is 0 Å². The second-order valence-electron chi connectivity index (χ2n) is 4.95. The first-order valence-corrected chi connectivity index (χ1v) is 8.88. The normalized spacial score (nSPS) is 15.5. The highest BCUT2D eigenvalue weighted by atomic mass is 127. The molecule has 3 amide bonds. The van der Waals surface area contributed by atoms with Crippen molar-refractivity contribution >= 4 is 63.5 Å². The second kappa shape index (κ2) is 8.40. The maximum atomic E-state index is 12.2. The van der Waals surface area contributed by atoms with Crippen LogP contribution in [-0.4, -0.2) is 53.3 Å². The van der Waals surface area contributed by atoms with Crippen molar-refractivity contribution in [2.24, 2.45) is 5.73 Å². The standard InChI is InChI=1S/C15H13IN2O7S/c1-24-9-3-7(2-8(16)13(9)25-6-12(20)21)4-10-14(22)18(5-11(17)19)15(23)26-10/h2-4H,5-6H2,1H3,(H2,17,19)(H,20,21)/b10-4-. The molecule has 26 heavy (non-hydrogen) atoms. The molecule has 0 radical (unpaired) electrons. The molecule has 3 N–H and O–H groups in total. The number of hydrogen-bond acceptors (Lipinski definition) is 7. The number of imide groups is 1. The lowest BCUT2D eigenvalue weighted by molar-refractivity contribution is -0.139. The van der Waals surface area contributed by atoms with Crippen molar-refractivity contribution in [3.8, 4) is 11.5 Å². The zero-order chi connectivity index (χ0) is 19.4. The Bertz CT molecular complexity index is 824. The van der Waals surface area contributed by atoms with Gasteiger partial charge in [0.05, 0.1) is 15.6 Å². The van der Waals surface area contributed by atoms with E-state index in [1.165, 1.54) is 13.2 Å². The van der Waals surface area contributed by atoms with Crippen molar-refractivity contribution in [3.05, 3.63) is 26.2 Å².